The van der Waals surface area contributed by atoms with Crippen LogP contribution in [-0.2, 0) is 0 Å². The van der Waals surface area contributed by atoms with Crippen LogP contribution >= 0.6 is 24.0 Å². The predicted octanol–water partition coefficient (Wildman–Crippen LogP) is 1.56. The molecule has 1 aromatic rings. The third-order valence-corrected chi connectivity index (χ3v) is 2.07. The summed E-state index contributed by atoms with van der Waals surface area (Å²) in [6, 6.07) is 1.57. The highest BCUT2D eigenvalue weighted by molar-refractivity contribution is 6.30. The van der Waals surface area contributed by atoms with Gasteiger partial charge in [0.05, 0.1) is 5.02 Å². The van der Waals surface area contributed by atoms with Crippen molar-refractivity contribution < 1.29 is 4.79 Å². The first-order valence-electron chi connectivity index (χ1n) is 4.31. The first kappa shape index (κ1) is 14.3. The monoisotopic (exact) mass is 251 g/mol. The van der Waals surface area contributed by atoms with Gasteiger partial charge in [0.1, 0.15) is 5.69 Å². The highest BCUT2D eigenvalue weighted by Crippen LogP contribution is 2.10. The molecule has 1 rings (SSSR count). The summed E-state index contributed by atoms with van der Waals surface area (Å²) in [5.74, 6) is -0.202. The van der Waals surface area contributed by atoms with Crippen LogP contribution in [0.2, 0.25) is 5.02 Å². The SMILES string of the molecule is CC(C)(CN)NC(=O)c1cc(Cl)c[nH]1.Cl. The van der Waals surface area contributed by atoms with Gasteiger partial charge in [0, 0.05) is 18.3 Å². The fourth-order valence-corrected chi connectivity index (χ4v) is 1.09. The van der Waals surface area contributed by atoms with E-state index in [2.05, 4.69) is 10.3 Å². The molecule has 1 aromatic heterocycles. The van der Waals surface area contributed by atoms with Crippen molar-refractivity contribution in [3.8, 4) is 0 Å². The zero-order valence-corrected chi connectivity index (χ0v) is 10.2. The first-order chi connectivity index (χ1) is 6.44. The smallest absolute Gasteiger partial charge is 0.268 e. The molecule has 0 bridgehead atoms. The topological polar surface area (TPSA) is 70.9 Å². The molecule has 4 N–H and O–H groups in total. The van der Waals surface area contributed by atoms with Gasteiger partial charge in [0.2, 0.25) is 0 Å². The number of aromatic nitrogens is 1. The molecular weight excluding hydrogens is 237 g/mol. The maximum absolute atomic E-state index is 11.6. The second-order valence-corrected chi connectivity index (χ2v) is 4.21. The molecule has 1 amide bonds. The van der Waals surface area contributed by atoms with E-state index in [1.807, 2.05) is 13.8 Å². The number of H-pyrrole nitrogens is 1. The number of halogens is 2. The van der Waals surface area contributed by atoms with Crippen molar-refractivity contribution in [1.82, 2.24) is 10.3 Å². The van der Waals surface area contributed by atoms with Gasteiger partial charge in [-0.3, -0.25) is 4.79 Å². The van der Waals surface area contributed by atoms with Gasteiger partial charge in [-0.25, -0.2) is 0 Å². The van der Waals surface area contributed by atoms with E-state index < -0.39 is 5.54 Å². The van der Waals surface area contributed by atoms with Crippen LogP contribution in [0.25, 0.3) is 0 Å². The van der Waals surface area contributed by atoms with Crippen LogP contribution in [0.4, 0.5) is 0 Å². The molecule has 4 nitrogen and oxygen atoms in total. The van der Waals surface area contributed by atoms with E-state index in [1.54, 1.807) is 12.3 Å². The number of nitrogens with one attached hydrogen (secondary N) is 2. The van der Waals surface area contributed by atoms with Crippen molar-refractivity contribution in [3.05, 3.63) is 23.0 Å². The average molecular weight is 252 g/mol. The number of amides is 1. The Morgan fingerprint density at radius 1 is 1.67 bits per heavy atom. The lowest BCUT2D eigenvalue weighted by atomic mass is 10.1. The van der Waals surface area contributed by atoms with Crippen LogP contribution in [0.5, 0.6) is 0 Å². The molecule has 15 heavy (non-hydrogen) atoms. The molecule has 0 radical (unpaired) electrons. The molecule has 0 fully saturated rings. The van der Waals surface area contributed by atoms with Crippen LogP contribution in [0.3, 0.4) is 0 Å². The van der Waals surface area contributed by atoms with Crippen molar-refractivity contribution in [2.75, 3.05) is 6.54 Å². The lowest BCUT2D eigenvalue weighted by molar-refractivity contribution is 0.0911. The van der Waals surface area contributed by atoms with Crippen LogP contribution < -0.4 is 11.1 Å². The zero-order chi connectivity index (χ0) is 10.8. The second-order valence-electron chi connectivity index (χ2n) is 3.77. The largest absolute Gasteiger partial charge is 0.356 e. The van der Waals surface area contributed by atoms with Crippen molar-refractivity contribution in [1.29, 1.82) is 0 Å². The van der Waals surface area contributed by atoms with Crippen molar-refractivity contribution in [2.24, 2.45) is 5.73 Å². The Balaban J connectivity index is 0.00000196. The number of carbonyl (C=O) groups is 1. The molecule has 0 aliphatic carbocycles. The van der Waals surface area contributed by atoms with Gasteiger partial charge in [-0.2, -0.15) is 0 Å². The van der Waals surface area contributed by atoms with Crippen LogP contribution in [0.15, 0.2) is 12.3 Å². The highest BCUT2D eigenvalue weighted by Gasteiger charge is 2.19. The number of rotatable bonds is 3. The summed E-state index contributed by atoms with van der Waals surface area (Å²) >= 11 is 5.67. The fraction of sp³-hybridized carbons (Fsp3) is 0.444. The maximum atomic E-state index is 11.6. The molecular formula is C9H15Cl2N3O. The van der Waals surface area contributed by atoms with E-state index in [0.717, 1.165) is 0 Å². The fourth-order valence-electron chi connectivity index (χ4n) is 0.925. The van der Waals surface area contributed by atoms with E-state index in [9.17, 15) is 4.79 Å². The Morgan fingerprint density at radius 3 is 2.67 bits per heavy atom. The highest BCUT2D eigenvalue weighted by atomic mass is 35.5. The van der Waals surface area contributed by atoms with E-state index in [0.29, 0.717) is 17.3 Å². The van der Waals surface area contributed by atoms with Gasteiger partial charge in [0.15, 0.2) is 0 Å². The number of hydrogen-bond acceptors (Lipinski definition) is 2. The molecule has 0 aliphatic rings. The Bertz CT molecular complexity index is 336. The molecule has 0 atom stereocenters. The normalized spacial score (nSPS) is 10.7. The van der Waals surface area contributed by atoms with Crippen molar-refractivity contribution in [3.63, 3.8) is 0 Å². The number of aromatic amines is 1. The molecule has 1 heterocycles. The number of hydrogen-bond donors (Lipinski definition) is 3. The van der Waals surface area contributed by atoms with Gasteiger partial charge in [-0.15, -0.1) is 12.4 Å². The van der Waals surface area contributed by atoms with Gasteiger partial charge >= 0.3 is 0 Å². The minimum absolute atomic E-state index is 0. The maximum Gasteiger partial charge on any atom is 0.268 e. The summed E-state index contributed by atoms with van der Waals surface area (Å²) in [7, 11) is 0. The Morgan fingerprint density at radius 2 is 2.27 bits per heavy atom. The van der Waals surface area contributed by atoms with E-state index in [1.165, 1.54) is 0 Å². The summed E-state index contributed by atoms with van der Waals surface area (Å²) < 4.78 is 0. The quantitative estimate of drug-likeness (QED) is 0.763. The van der Waals surface area contributed by atoms with Crippen molar-refractivity contribution >= 4 is 29.9 Å². The van der Waals surface area contributed by atoms with Gasteiger partial charge < -0.3 is 16.0 Å². The minimum Gasteiger partial charge on any atom is -0.356 e. The molecule has 86 valence electrons. The van der Waals surface area contributed by atoms with Crippen LogP contribution in [0.1, 0.15) is 24.3 Å². The zero-order valence-electron chi connectivity index (χ0n) is 8.63. The van der Waals surface area contributed by atoms with E-state index in [4.69, 9.17) is 17.3 Å². The number of nitrogens with two attached hydrogens (primary N) is 1. The second kappa shape index (κ2) is 5.39. The predicted molar refractivity (Wildman–Crippen MR) is 63.7 cm³/mol. The third-order valence-electron chi connectivity index (χ3n) is 1.85. The van der Waals surface area contributed by atoms with Crippen molar-refractivity contribution in [2.45, 2.75) is 19.4 Å². The molecule has 0 saturated carbocycles. The van der Waals surface area contributed by atoms with Gasteiger partial charge in [-0.1, -0.05) is 11.6 Å². The lowest BCUT2D eigenvalue weighted by Gasteiger charge is -2.23. The van der Waals surface area contributed by atoms with Crippen LogP contribution in [-0.4, -0.2) is 23.0 Å². The van der Waals surface area contributed by atoms with E-state index in [-0.39, 0.29) is 18.3 Å². The molecule has 0 spiro atoms. The first-order valence-corrected chi connectivity index (χ1v) is 4.69. The van der Waals surface area contributed by atoms with E-state index >= 15 is 0 Å². The molecule has 0 aliphatic heterocycles. The molecule has 0 unspecified atom stereocenters. The molecule has 0 saturated heterocycles. The molecule has 0 aromatic carbocycles. The molecule has 6 heteroatoms. The average Bonchev–Trinajstić information content (AvgIpc) is 2.51. The summed E-state index contributed by atoms with van der Waals surface area (Å²) in [4.78, 5) is 14.3. The Labute approximate surface area is 100.0 Å². The minimum atomic E-state index is -0.408. The Kier molecular flexibility index (Phi) is 5.14. The lowest BCUT2D eigenvalue weighted by Crippen LogP contribution is -2.48. The van der Waals surface area contributed by atoms with Gasteiger partial charge in [0.25, 0.3) is 5.91 Å². The summed E-state index contributed by atoms with van der Waals surface area (Å²) in [5.41, 5.74) is 5.52. The number of carbonyl (C=O) groups excluding carboxylic acids is 1. The van der Waals surface area contributed by atoms with Gasteiger partial charge in [-0.05, 0) is 19.9 Å². The standard InChI is InChI=1S/C9H14ClN3O.ClH/c1-9(2,5-11)13-8(14)7-3-6(10)4-12-7;/h3-4,12H,5,11H2,1-2H3,(H,13,14);1H. The van der Waals surface area contributed by atoms with Crippen LogP contribution in [0, 0.1) is 0 Å². The summed E-state index contributed by atoms with van der Waals surface area (Å²) in [6.07, 6.45) is 1.56. The third kappa shape index (κ3) is 4.11. The Hall–Kier alpha value is -0.710. The summed E-state index contributed by atoms with van der Waals surface area (Å²) in [5, 5.41) is 3.30. The summed E-state index contributed by atoms with van der Waals surface area (Å²) in [6.45, 7) is 4.10.